The van der Waals surface area contributed by atoms with Gasteiger partial charge in [0.1, 0.15) is 6.29 Å². The van der Waals surface area contributed by atoms with Crippen LogP contribution in [0.15, 0.2) is 12.2 Å². The maximum atomic E-state index is 11.3. The maximum Gasteiger partial charge on any atom is 0.246 e. The molecular formula is C9H13NO2. The third-order valence-electron chi connectivity index (χ3n) is 2.05. The monoisotopic (exact) mass is 167 g/mol. The number of allylic oxidation sites excluding steroid dienone is 1. The highest BCUT2D eigenvalue weighted by Crippen LogP contribution is 2.15. The van der Waals surface area contributed by atoms with Crippen LogP contribution in [0, 0.1) is 0 Å². The van der Waals surface area contributed by atoms with E-state index in [2.05, 4.69) is 0 Å². The number of hydrogen-bond donors (Lipinski definition) is 0. The number of aldehydes is 1. The Labute approximate surface area is 72.0 Å². The summed E-state index contributed by atoms with van der Waals surface area (Å²) in [4.78, 5) is 23.4. The smallest absolute Gasteiger partial charge is 0.246 e. The predicted molar refractivity (Wildman–Crippen MR) is 45.6 cm³/mol. The molecule has 1 amide bonds. The van der Waals surface area contributed by atoms with Gasteiger partial charge < -0.3 is 9.69 Å². The molecule has 0 aromatic carbocycles. The van der Waals surface area contributed by atoms with E-state index in [0.717, 1.165) is 19.1 Å². The fraction of sp³-hybridized carbons (Fsp3) is 0.556. The molecule has 0 radical (unpaired) electrons. The van der Waals surface area contributed by atoms with E-state index >= 15 is 0 Å². The van der Waals surface area contributed by atoms with Crippen LogP contribution < -0.4 is 0 Å². The van der Waals surface area contributed by atoms with E-state index in [0.29, 0.717) is 6.54 Å². The van der Waals surface area contributed by atoms with Crippen molar-refractivity contribution in [3.63, 3.8) is 0 Å². The minimum Gasteiger partial charge on any atom is -0.329 e. The Bertz CT molecular complexity index is 211. The molecule has 0 bridgehead atoms. The third-order valence-corrected chi connectivity index (χ3v) is 2.05. The second-order valence-electron chi connectivity index (χ2n) is 2.88. The zero-order valence-corrected chi connectivity index (χ0v) is 7.19. The van der Waals surface area contributed by atoms with Gasteiger partial charge in [0, 0.05) is 6.54 Å². The van der Waals surface area contributed by atoms with Gasteiger partial charge in [0.2, 0.25) is 5.91 Å². The summed E-state index contributed by atoms with van der Waals surface area (Å²) in [5, 5.41) is 0. The molecule has 0 unspecified atom stereocenters. The maximum absolute atomic E-state index is 11.3. The van der Waals surface area contributed by atoms with Crippen LogP contribution >= 0.6 is 0 Å². The summed E-state index contributed by atoms with van der Waals surface area (Å²) in [5.74, 6) is -0.0490. The molecule has 3 nitrogen and oxygen atoms in total. The molecule has 66 valence electrons. The van der Waals surface area contributed by atoms with Crippen molar-refractivity contribution < 1.29 is 9.59 Å². The zero-order valence-electron chi connectivity index (χ0n) is 7.19. The molecule has 1 aliphatic heterocycles. The summed E-state index contributed by atoms with van der Waals surface area (Å²) in [7, 11) is 0. The lowest BCUT2D eigenvalue weighted by Crippen LogP contribution is -2.35. The van der Waals surface area contributed by atoms with E-state index in [1.165, 1.54) is 6.08 Å². The van der Waals surface area contributed by atoms with Crippen molar-refractivity contribution in [3.8, 4) is 0 Å². The van der Waals surface area contributed by atoms with E-state index in [1.807, 2.05) is 0 Å². The topological polar surface area (TPSA) is 37.4 Å². The number of amides is 1. The Morgan fingerprint density at radius 2 is 2.33 bits per heavy atom. The number of rotatable bonds is 2. The van der Waals surface area contributed by atoms with Crippen LogP contribution in [0.1, 0.15) is 19.8 Å². The summed E-state index contributed by atoms with van der Waals surface area (Å²) < 4.78 is 0. The van der Waals surface area contributed by atoms with Crippen LogP contribution in [0.5, 0.6) is 0 Å². The van der Waals surface area contributed by atoms with E-state index < -0.39 is 0 Å². The average molecular weight is 167 g/mol. The summed E-state index contributed by atoms with van der Waals surface area (Å²) in [5.41, 5.74) is 0. The summed E-state index contributed by atoms with van der Waals surface area (Å²) in [6, 6.07) is -0.186. The molecule has 1 atom stereocenters. The van der Waals surface area contributed by atoms with Crippen molar-refractivity contribution in [2.75, 3.05) is 6.54 Å². The van der Waals surface area contributed by atoms with Gasteiger partial charge in [-0.25, -0.2) is 0 Å². The van der Waals surface area contributed by atoms with Gasteiger partial charge >= 0.3 is 0 Å². The van der Waals surface area contributed by atoms with Crippen LogP contribution in [0.3, 0.4) is 0 Å². The number of carbonyl (C=O) groups is 2. The Kier molecular flexibility index (Phi) is 3.02. The molecule has 1 aliphatic rings. The first-order valence-corrected chi connectivity index (χ1v) is 4.18. The van der Waals surface area contributed by atoms with Gasteiger partial charge in [-0.1, -0.05) is 6.08 Å². The lowest BCUT2D eigenvalue weighted by molar-refractivity contribution is -0.129. The Hall–Kier alpha value is -1.12. The minimum absolute atomic E-state index is 0.0490. The normalized spacial score (nSPS) is 23.4. The van der Waals surface area contributed by atoms with Crippen LogP contribution in [-0.4, -0.2) is 29.7 Å². The summed E-state index contributed by atoms with van der Waals surface area (Å²) in [6.07, 6.45) is 5.80. The molecule has 1 fully saturated rings. The van der Waals surface area contributed by atoms with Gasteiger partial charge in [0.05, 0.1) is 6.04 Å². The van der Waals surface area contributed by atoms with Crippen molar-refractivity contribution >= 4 is 12.2 Å². The van der Waals surface area contributed by atoms with E-state index in [1.54, 1.807) is 17.9 Å². The molecule has 0 aliphatic carbocycles. The number of hydrogen-bond acceptors (Lipinski definition) is 2. The summed E-state index contributed by atoms with van der Waals surface area (Å²) in [6.45, 7) is 2.51. The van der Waals surface area contributed by atoms with Gasteiger partial charge in [-0.05, 0) is 25.8 Å². The second kappa shape index (κ2) is 4.04. The molecular weight excluding hydrogens is 154 g/mol. The number of likely N-dealkylation sites (tertiary alicyclic amines) is 1. The summed E-state index contributed by atoms with van der Waals surface area (Å²) >= 11 is 0. The average Bonchev–Trinajstić information content (AvgIpc) is 2.51. The standard InChI is InChI=1S/C9H13NO2/c1-2-4-9(12)10-6-3-5-8(10)7-11/h2,4,7-8H,3,5-6H2,1H3/b4-2+/t8-/m0/s1. The molecule has 0 aromatic heterocycles. The highest BCUT2D eigenvalue weighted by atomic mass is 16.2. The van der Waals surface area contributed by atoms with Gasteiger partial charge in [-0.15, -0.1) is 0 Å². The van der Waals surface area contributed by atoms with Gasteiger partial charge in [-0.2, -0.15) is 0 Å². The van der Waals surface area contributed by atoms with Crippen molar-refractivity contribution in [1.82, 2.24) is 4.90 Å². The first-order valence-electron chi connectivity index (χ1n) is 4.18. The zero-order chi connectivity index (χ0) is 8.97. The predicted octanol–water partition coefficient (Wildman–Crippen LogP) is 0.752. The fourth-order valence-corrected chi connectivity index (χ4v) is 1.45. The first kappa shape index (κ1) is 8.97. The van der Waals surface area contributed by atoms with E-state index in [-0.39, 0.29) is 11.9 Å². The molecule has 0 saturated carbocycles. The molecule has 1 rings (SSSR count). The van der Waals surface area contributed by atoms with Crippen molar-refractivity contribution in [1.29, 1.82) is 0 Å². The molecule has 0 aromatic rings. The highest BCUT2D eigenvalue weighted by molar-refractivity contribution is 5.89. The Morgan fingerprint density at radius 3 is 2.92 bits per heavy atom. The SMILES string of the molecule is C/C=C/C(=O)N1CCC[C@H]1C=O. The van der Waals surface area contributed by atoms with Crippen molar-refractivity contribution in [3.05, 3.63) is 12.2 Å². The molecule has 0 spiro atoms. The van der Waals surface area contributed by atoms with Gasteiger partial charge in [0.25, 0.3) is 0 Å². The Balaban J connectivity index is 2.61. The quantitative estimate of drug-likeness (QED) is 0.449. The van der Waals surface area contributed by atoms with Crippen LogP contribution in [0.2, 0.25) is 0 Å². The van der Waals surface area contributed by atoms with Crippen molar-refractivity contribution in [2.24, 2.45) is 0 Å². The largest absolute Gasteiger partial charge is 0.329 e. The van der Waals surface area contributed by atoms with Crippen LogP contribution in [0.25, 0.3) is 0 Å². The third kappa shape index (κ3) is 1.72. The minimum atomic E-state index is -0.186. The van der Waals surface area contributed by atoms with Crippen molar-refractivity contribution in [2.45, 2.75) is 25.8 Å². The van der Waals surface area contributed by atoms with Gasteiger partial charge in [0.15, 0.2) is 0 Å². The second-order valence-corrected chi connectivity index (χ2v) is 2.88. The van der Waals surface area contributed by atoms with E-state index in [9.17, 15) is 9.59 Å². The van der Waals surface area contributed by atoms with E-state index in [4.69, 9.17) is 0 Å². The van der Waals surface area contributed by atoms with Crippen LogP contribution in [-0.2, 0) is 9.59 Å². The Morgan fingerprint density at radius 1 is 1.58 bits per heavy atom. The molecule has 0 N–H and O–H groups in total. The molecule has 3 heteroatoms. The van der Waals surface area contributed by atoms with Crippen LogP contribution in [0.4, 0.5) is 0 Å². The molecule has 1 saturated heterocycles. The number of carbonyl (C=O) groups excluding carboxylic acids is 2. The lowest BCUT2D eigenvalue weighted by Gasteiger charge is -2.17. The molecule has 1 heterocycles. The first-order chi connectivity index (χ1) is 5.79. The number of nitrogens with zero attached hydrogens (tertiary/aromatic N) is 1. The molecule has 12 heavy (non-hydrogen) atoms. The highest BCUT2D eigenvalue weighted by Gasteiger charge is 2.26. The van der Waals surface area contributed by atoms with Gasteiger partial charge in [-0.3, -0.25) is 4.79 Å². The fourth-order valence-electron chi connectivity index (χ4n) is 1.45. The lowest BCUT2D eigenvalue weighted by atomic mass is 10.2.